The number of aromatic carboxylic acids is 1. The maximum absolute atomic E-state index is 12.6. The number of hydrogen-bond donors (Lipinski definition) is 2. The minimum Gasteiger partial charge on any atom is -0.478 e. The molecule has 0 bridgehead atoms. The molecule has 0 spiro atoms. The number of carboxylic acid groups (broad SMARTS) is 1. The second-order valence-corrected chi connectivity index (χ2v) is 3.25. The average Bonchev–Trinajstić information content (AvgIpc) is 2.16. The van der Waals surface area contributed by atoms with E-state index in [1.54, 1.807) is 0 Å². The predicted octanol–water partition coefficient (Wildman–Crippen LogP) is 2.19. The number of nitrogens with zero attached hydrogens (tertiary/aromatic N) is 1. The third-order valence-electron chi connectivity index (χ3n) is 1.82. The monoisotopic (exact) mass is 280 g/mol. The molecule has 1 aromatic heterocycles. The molecular weight excluding hydrogens is 274 g/mol. The van der Waals surface area contributed by atoms with Crippen molar-refractivity contribution < 1.29 is 18.7 Å². The maximum Gasteiger partial charge on any atom is 0.337 e. The molecule has 0 unspecified atom stereocenters. The molecule has 0 saturated carbocycles. The van der Waals surface area contributed by atoms with Crippen LogP contribution >= 0.6 is 15.9 Å². The molecule has 0 atom stereocenters. The molecule has 15 heavy (non-hydrogen) atoms. The van der Waals surface area contributed by atoms with E-state index in [1.807, 2.05) is 0 Å². The van der Waals surface area contributed by atoms with E-state index >= 15 is 0 Å². The van der Waals surface area contributed by atoms with Crippen LogP contribution in [0.4, 0.5) is 14.5 Å². The molecule has 3 N–H and O–H groups in total. The van der Waals surface area contributed by atoms with Crippen LogP contribution in [0.1, 0.15) is 28.0 Å². The van der Waals surface area contributed by atoms with E-state index < -0.39 is 23.5 Å². The molecule has 1 heterocycles. The van der Waals surface area contributed by atoms with Crippen LogP contribution in [0.2, 0.25) is 0 Å². The van der Waals surface area contributed by atoms with Gasteiger partial charge in [0.15, 0.2) is 0 Å². The maximum atomic E-state index is 12.6. The Morgan fingerprint density at radius 1 is 1.67 bits per heavy atom. The summed E-state index contributed by atoms with van der Waals surface area (Å²) in [6, 6.07) is 0. The zero-order valence-electron chi connectivity index (χ0n) is 7.38. The quantitative estimate of drug-likeness (QED) is 0.833. The van der Waals surface area contributed by atoms with Crippen molar-refractivity contribution in [3.05, 3.63) is 23.0 Å². The SMILES string of the molecule is Nc1c(CBr)ncc(C(=O)O)c1C(F)F. The van der Waals surface area contributed by atoms with E-state index in [4.69, 9.17) is 10.8 Å². The number of hydrogen-bond acceptors (Lipinski definition) is 3. The Morgan fingerprint density at radius 3 is 2.67 bits per heavy atom. The van der Waals surface area contributed by atoms with Crippen molar-refractivity contribution in [2.45, 2.75) is 11.8 Å². The standard InChI is InChI=1S/C8H7BrF2N2O2/c9-1-4-6(12)5(7(10)11)3(2-13-4)8(14)15/h2,7H,1,12H2,(H,14,15). The third-order valence-corrected chi connectivity index (χ3v) is 2.35. The van der Waals surface area contributed by atoms with Gasteiger partial charge < -0.3 is 10.8 Å². The van der Waals surface area contributed by atoms with Crippen LogP contribution in [-0.4, -0.2) is 16.1 Å². The largest absolute Gasteiger partial charge is 0.478 e. The highest BCUT2D eigenvalue weighted by Crippen LogP contribution is 2.30. The lowest BCUT2D eigenvalue weighted by Gasteiger charge is -2.10. The van der Waals surface area contributed by atoms with Crippen molar-refractivity contribution >= 4 is 27.6 Å². The van der Waals surface area contributed by atoms with Crippen LogP contribution in [0.25, 0.3) is 0 Å². The van der Waals surface area contributed by atoms with Crippen molar-refractivity contribution in [3.63, 3.8) is 0 Å². The van der Waals surface area contributed by atoms with Crippen LogP contribution in [0.5, 0.6) is 0 Å². The number of anilines is 1. The van der Waals surface area contributed by atoms with Crippen molar-refractivity contribution in [2.24, 2.45) is 0 Å². The first-order valence-corrected chi connectivity index (χ1v) is 4.95. The van der Waals surface area contributed by atoms with Crippen LogP contribution < -0.4 is 5.73 Å². The highest BCUT2D eigenvalue weighted by atomic mass is 79.9. The Hall–Kier alpha value is -1.24. The van der Waals surface area contributed by atoms with Crippen molar-refractivity contribution in [3.8, 4) is 0 Å². The van der Waals surface area contributed by atoms with Crippen LogP contribution in [0, 0.1) is 0 Å². The van der Waals surface area contributed by atoms with E-state index in [0.29, 0.717) is 0 Å². The Kier molecular flexibility index (Phi) is 3.57. The van der Waals surface area contributed by atoms with Crippen LogP contribution in [-0.2, 0) is 5.33 Å². The fourth-order valence-electron chi connectivity index (χ4n) is 1.09. The van der Waals surface area contributed by atoms with E-state index in [1.165, 1.54) is 0 Å². The molecule has 0 aliphatic heterocycles. The van der Waals surface area contributed by atoms with Crippen LogP contribution in [0.3, 0.4) is 0 Å². The fourth-order valence-corrected chi connectivity index (χ4v) is 1.54. The predicted molar refractivity (Wildman–Crippen MR) is 53.2 cm³/mol. The number of pyridine rings is 1. The molecular formula is C8H7BrF2N2O2. The summed E-state index contributed by atoms with van der Waals surface area (Å²) in [6.45, 7) is 0. The zero-order valence-corrected chi connectivity index (χ0v) is 8.96. The second-order valence-electron chi connectivity index (χ2n) is 2.69. The molecule has 0 aromatic carbocycles. The number of rotatable bonds is 3. The molecule has 0 aliphatic carbocycles. The van der Waals surface area contributed by atoms with Gasteiger partial charge in [-0.05, 0) is 0 Å². The number of carboxylic acids is 1. The number of alkyl halides is 3. The highest BCUT2D eigenvalue weighted by molar-refractivity contribution is 9.08. The summed E-state index contributed by atoms with van der Waals surface area (Å²) < 4.78 is 25.2. The van der Waals surface area contributed by atoms with Gasteiger partial charge in [-0.15, -0.1) is 0 Å². The number of nitrogen functional groups attached to an aromatic ring is 1. The van der Waals surface area contributed by atoms with Gasteiger partial charge >= 0.3 is 5.97 Å². The van der Waals surface area contributed by atoms with Gasteiger partial charge in [-0.3, -0.25) is 4.98 Å². The number of halogens is 3. The van der Waals surface area contributed by atoms with Gasteiger partial charge in [-0.25, -0.2) is 13.6 Å². The summed E-state index contributed by atoms with van der Waals surface area (Å²) in [7, 11) is 0. The van der Waals surface area contributed by atoms with E-state index in [2.05, 4.69) is 20.9 Å². The first-order valence-electron chi connectivity index (χ1n) is 3.83. The first kappa shape index (κ1) is 11.8. The van der Waals surface area contributed by atoms with Gasteiger partial charge in [0.2, 0.25) is 0 Å². The highest BCUT2D eigenvalue weighted by Gasteiger charge is 2.23. The summed E-state index contributed by atoms with van der Waals surface area (Å²) in [5.41, 5.74) is 4.09. The molecule has 1 rings (SSSR count). The Labute approximate surface area is 92.2 Å². The van der Waals surface area contributed by atoms with Crippen molar-refractivity contribution in [1.82, 2.24) is 4.98 Å². The molecule has 0 saturated heterocycles. The van der Waals surface area contributed by atoms with Gasteiger partial charge in [0.1, 0.15) is 0 Å². The number of carbonyl (C=O) groups is 1. The van der Waals surface area contributed by atoms with E-state index in [-0.39, 0.29) is 16.7 Å². The minimum atomic E-state index is -2.93. The average molecular weight is 281 g/mol. The van der Waals surface area contributed by atoms with E-state index in [0.717, 1.165) is 6.20 Å². The smallest absolute Gasteiger partial charge is 0.337 e. The topological polar surface area (TPSA) is 76.2 Å². The zero-order chi connectivity index (χ0) is 11.6. The summed E-state index contributed by atoms with van der Waals surface area (Å²) >= 11 is 3.02. The summed E-state index contributed by atoms with van der Waals surface area (Å²) in [6.07, 6.45) is -2.05. The van der Waals surface area contributed by atoms with Gasteiger partial charge in [0.25, 0.3) is 6.43 Å². The van der Waals surface area contributed by atoms with Gasteiger partial charge in [-0.1, -0.05) is 15.9 Å². The van der Waals surface area contributed by atoms with E-state index in [9.17, 15) is 13.6 Å². The van der Waals surface area contributed by atoms with Gasteiger partial charge in [0, 0.05) is 11.5 Å². The number of aromatic nitrogens is 1. The lowest BCUT2D eigenvalue weighted by molar-refractivity contribution is 0.0684. The molecule has 0 radical (unpaired) electrons. The molecule has 82 valence electrons. The summed E-state index contributed by atoms with van der Waals surface area (Å²) in [5.74, 6) is -1.47. The Balaban J connectivity index is 3.44. The molecule has 0 amide bonds. The normalized spacial score (nSPS) is 10.7. The van der Waals surface area contributed by atoms with Gasteiger partial charge in [-0.2, -0.15) is 0 Å². The summed E-state index contributed by atoms with van der Waals surface area (Å²) in [4.78, 5) is 14.3. The first-order chi connectivity index (χ1) is 6.99. The molecule has 0 fully saturated rings. The molecule has 4 nitrogen and oxygen atoms in total. The number of nitrogens with two attached hydrogens (primary N) is 1. The Bertz CT molecular complexity index is 398. The molecule has 0 aliphatic rings. The van der Waals surface area contributed by atoms with Gasteiger partial charge in [0.05, 0.1) is 22.5 Å². The molecule has 1 aromatic rings. The Morgan fingerprint density at radius 2 is 2.27 bits per heavy atom. The van der Waals surface area contributed by atoms with Crippen molar-refractivity contribution in [2.75, 3.05) is 5.73 Å². The fraction of sp³-hybridized carbons (Fsp3) is 0.250. The van der Waals surface area contributed by atoms with Crippen LogP contribution in [0.15, 0.2) is 6.20 Å². The lowest BCUT2D eigenvalue weighted by atomic mass is 10.1. The lowest BCUT2D eigenvalue weighted by Crippen LogP contribution is -2.10. The second kappa shape index (κ2) is 4.52. The minimum absolute atomic E-state index is 0.193. The third kappa shape index (κ3) is 2.23. The van der Waals surface area contributed by atoms with Crippen molar-refractivity contribution in [1.29, 1.82) is 0 Å². The summed E-state index contributed by atoms with van der Waals surface area (Å²) in [5, 5.41) is 8.85. The molecule has 7 heteroatoms.